The van der Waals surface area contributed by atoms with Crippen LogP contribution in [0.25, 0.3) is 0 Å². The highest BCUT2D eigenvalue weighted by molar-refractivity contribution is 7.15. The first kappa shape index (κ1) is 12.5. The van der Waals surface area contributed by atoms with Gasteiger partial charge in [-0.25, -0.2) is 13.8 Å². The monoisotopic (exact) mass is 280 g/mol. The third-order valence-corrected chi connectivity index (χ3v) is 4.57. The highest BCUT2D eigenvalue weighted by Gasteiger charge is 2.23. The Morgan fingerprint density at radius 2 is 2.00 bits per heavy atom. The van der Waals surface area contributed by atoms with Crippen LogP contribution in [-0.4, -0.2) is 4.98 Å². The number of halogens is 2. The molecule has 0 bridgehead atoms. The Morgan fingerprint density at radius 1 is 1.26 bits per heavy atom. The number of benzene rings is 1. The summed E-state index contributed by atoms with van der Waals surface area (Å²) in [7, 11) is 0. The molecule has 19 heavy (non-hydrogen) atoms. The van der Waals surface area contributed by atoms with Crippen molar-refractivity contribution in [2.45, 2.75) is 31.6 Å². The molecule has 2 nitrogen and oxygen atoms in total. The van der Waals surface area contributed by atoms with Crippen LogP contribution in [-0.2, 0) is 12.8 Å². The number of aryl methyl sites for hydroxylation is 1. The maximum atomic E-state index is 12.5. The molecule has 3 rings (SSSR count). The number of nitrogens with zero attached hydrogens (tertiary/aromatic N) is 1. The Kier molecular flexibility index (Phi) is 3.22. The van der Waals surface area contributed by atoms with Crippen LogP contribution >= 0.6 is 11.3 Å². The highest BCUT2D eigenvalue weighted by Crippen LogP contribution is 2.36. The van der Waals surface area contributed by atoms with Crippen molar-refractivity contribution in [1.82, 2.24) is 4.98 Å². The van der Waals surface area contributed by atoms with Crippen molar-refractivity contribution in [3.8, 4) is 0 Å². The SMILES string of the molecule is Nc1nc2c(s1)CC(c1ccc(C(F)F)cc1)CC2. The number of fused-ring (bicyclic) bond motifs is 1. The van der Waals surface area contributed by atoms with Crippen LogP contribution < -0.4 is 5.73 Å². The van der Waals surface area contributed by atoms with Crippen LogP contribution in [0.1, 0.15) is 40.5 Å². The van der Waals surface area contributed by atoms with Crippen LogP contribution in [0.3, 0.4) is 0 Å². The van der Waals surface area contributed by atoms with Gasteiger partial charge in [0.1, 0.15) is 0 Å². The van der Waals surface area contributed by atoms with Gasteiger partial charge >= 0.3 is 0 Å². The lowest BCUT2D eigenvalue weighted by molar-refractivity contribution is 0.151. The number of hydrogen-bond donors (Lipinski definition) is 1. The van der Waals surface area contributed by atoms with Gasteiger partial charge in [0, 0.05) is 10.4 Å². The summed E-state index contributed by atoms with van der Waals surface area (Å²) in [5.41, 5.74) is 8.05. The number of anilines is 1. The summed E-state index contributed by atoms with van der Waals surface area (Å²) in [6.45, 7) is 0. The van der Waals surface area contributed by atoms with Crippen molar-refractivity contribution in [3.05, 3.63) is 46.0 Å². The van der Waals surface area contributed by atoms with E-state index < -0.39 is 6.43 Å². The number of hydrogen-bond acceptors (Lipinski definition) is 3. The zero-order valence-electron chi connectivity index (χ0n) is 10.3. The smallest absolute Gasteiger partial charge is 0.263 e. The molecule has 0 fully saturated rings. The van der Waals surface area contributed by atoms with Crippen LogP contribution in [0.15, 0.2) is 24.3 Å². The minimum Gasteiger partial charge on any atom is -0.375 e. The van der Waals surface area contributed by atoms with E-state index in [1.165, 1.54) is 17.0 Å². The summed E-state index contributed by atoms with van der Waals surface area (Å²) in [4.78, 5) is 5.56. The van der Waals surface area contributed by atoms with Crippen molar-refractivity contribution in [1.29, 1.82) is 0 Å². The second-order valence-corrected chi connectivity index (χ2v) is 5.94. The minimum absolute atomic E-state index is 0.0854. The lowest BCUT2D eigenvalue weighted by Crippen LogP contribution is -2.11. The largest absolute Gasteiger partial charge is 0.375 e. The molecule has 2 aromatic rings. The van der Waals surface area contributed by atoms with Gasteiger partial charge in [0.05, 0.1) is 5.69 Å². The molecule has 0 radical (unpaired) electrons. The van der Waals surface area contributed by atoms with E-state index in [2.05, 4.69) is 4.98 Å². The number of nitrogen functional groups attached to an aromatic ring is 1. The molecular weight excluding hydrogens is 266 g/mol. The zero-order valence-corrected chi connectivity index (χ0v) is 11.1. The third-order valence-electron chi connectivity index (χ3n) is 3.62. The van der Waals surface area contributed by atoms with Gasteiger partial charge in [-0.1, -0.05) is 24.3 Å². The second kappa shape index (κ2) is 4.89. The molecule has 1 aromatic heterocycles. The van der Waals surface area contributed by atoms with E-state index in [0.29, 0.717) is 11.0 Å². The molecule has 1 aliphatic rings. The fourth-order valence-corrected chi connectivity index (χ4v) is 3.55. The molecular formula is C14H14F2N2S. The predicted octanol–water partition coefficient (Wildman–Crippen LogP) is 3.94. The number of alkyl halides is 2. The van der Waals surface area contributed by atoms with Gasteiger partial charge in [-0.2, -0.15) is 0 Å². The van der Waals surface area contributed by atoms with Crippen LogP contribution in [0.4, 0.5) is 13.9 Å². The van der Waals surface area contributed by atoms with Gasteiger partial charge in [-0.05, 0) is 30.7 Å². The molecule has 0 saturated heterocycles. The summed E-state index contributed by atoms with van der Waals surface area (Å²) < 4.78 is 25.0. The predicted molar refractivity (Wildman–Crippen MR) is 72.7 cm³/mol. The molecule has 5 heteroatoms. The summed E-state index contributed by atoms with van der Waals surface area (Å²) in [6, 6.07) is 6.69. The number of rotatable bonds is 2. The first-order chi connectivity index (χ1) is 9.13. The molecule has 2 N–H and O–H groups in total. The van der Waals surface area contributed by atoms with Crippen molar-refractivity contribution in [2.24, 2.45) is 0 Å². The Hall–Kier alpha value is -1.49. The van der Waals surface area contributed by atoms with E-state index in [4.69, 9.17) is 5.73 Å². The van der Waals surface area contributed by atoms with Gasteiger partial charge < -0.3 is 5.73 Å². The molecule has 1 aromatic carbocycles. The molecule has 0 saturated carbocycles. The molecule has 100 valence electrons. The Labute approximate surface area is 114 Å². The highest BCUT2D eigenvalue weighted by atomic mass is 32.1. The zero-order chi connectivity index (χ0) is 13.4. The minimum atomic E-state index is -2.40. The Bertz CT molecular complexity index is 578. The van der Waals surface area contributed by atoms with Crippen LogP contribution in [0, 0.1) is 0 Å². The van der Waals surface area contributed by atoms with Gasteiger partial charge in [0.25, 0.3) is 6.43 Å². The van der Waals surface area contributed by atoms with E-state index in [0.717, 1.165) is 30.5 Å². The normalized spacial score (nSPS) is 18.6. The molecule has 0 spiro atoms. The molecule has 0 aliphatic heterocycles. The van der Waals surface area contributed by atoms with Gasteiger partial charge in [-0.3, -0.25) is 0 Å². The van der Waals surface area contributed by atoms with Crippen molar-refractivity contribution >= 4 is 16.5 Å². The van der Waals surface area contributed by atoms with E-state index in [1.54, 1.807) is 11.3 Å². The topological polar surface area (TPSA) is 38.9 Å². The molecule has 1 unspecified atom stereocenters. The first-order valence-corrected chi connectivity index (χ1v) is 7.07. The molecule has 0 amide bonds. The lowest BCUT2D eigenvalue weighted by atomic mass is 9.85. The summed E-state index contributed by atoms with van der Waals surface area (Å²) in [5, 5.41) is 0.624. The van der Waals surface area contributed by atoms with Gasteiger partial charge in [-0.15, -0.1) is 11.3 Å². The number of aromatic nitrogens is 1. The van der Waals surface area contributed by atoms with Crippen LogP contribution in [0.2, 0.25) is 0 Å². The van der Waals surface area contributed by atoms with E-state index in [-0.39, 0.29) is 5.56 Å². The van der Waals surface area contributed by atoms with Gasteiger partial charge in [0.15, 0.2) is 5.13 Å². The molecule has 1 heterocycles. The average Bonchev–Trinajstić information content (AvgIpc) is 2.77. The Balaban J connectivity index is 1.80. The maximum absolute atomic E-state index is 12.5. The molecule has 1 aliphatic carbocycles. The Morgan fingerprint density at radius 3 is 2.68 bits per heavy atom. The van der Waals surface area contributed by atoms with Crippen molar-refractivity contribution in [3.63, 3.8) is 0 Å². The standard InChI is InChI=1S/C14H14F2N2S/c15-13(16)9-3-1-8(2-4-9)10-5-6-11-12(7-10)19-14(17)18-11/h1-4,10,13H,5-7H2,(H2,17,18). The average molecular weight is 280 g/mol. The summed E-state index contributed by atoms with van der Waals surface area (Å²) in [5.74, 6) is 0.388. The van der Waals surface area contributed by atoms with E-state index in [9.17, 15) is 8.78 Å². The maximum Gasteiger partial charge on any atom is 0.263 e. The van der Waals surface area contributed by atoms with Crippen molar-refractivity contribution in [2.75, 3.05) is 5.73 Å². The first-order valence-electron chi connectivity index (χ1n) is 6.25. The van der Waals surface area contributed by atoms with E-state index >= 15 is 0 Å². The number of nitrogens with two attached hydrogens (primary N) is 1. The fourth-order valence-electron chi connectivity index (χ4n) is 2.59. The molecule has 1 atom stereocenters. The van der Waals surface area contributed by atoms with Crippen LogP contribution in [0.5, 0.6) is 0 Å². The fraction of sp³-hybridized carbons (Fsp3) is 0.357. The summed E-state index contributed by atoms with van der Waals surface area (Å²) >= 11 is 1.54. The second-order valence-electron chi connectivity index (χ2n) is 4.83. The van der Waals surface area contributed by atoms with Gasteiger partial charge in [0.2, 0.25) is 0 Å². The lowest BCUT2D eigenvalue weighted by Gasteiger charge is -2.21. The quantitative estimate of drug-likeness (QED) is 0.905. The van der Waals surface area contributed by atoms with Crippen molar-refractivity contribution < 1.29 is 8.78 Å². The third kappa shape index (κ3) is 2.47. The van der Waals surface area contributed by atoms with E-state index in [1.807, 2.05) is 12.1 Å². The summed E-state index contributed by atoms with van der Waals surface area (Å²) in [6.07, 6.45) is 0.445. The number of thiazole rings is 1.